The lowest BCUT2D eigenvalue weighted by Gasteiger charge is -2.60. The van der Waals surface area contributed by atoms with Crippen molar-refractivity contribution in [1.82, 2.24) is 9.80 Å². The van der Waals surface area contributed by atoms with E-state index in [1.165, 1.54) is 32.4 Å². The molecule has 3 heteroatoms. The molecule has 3 rings (SSSR count). The minimum absolute atomic E-state index is 0.140. The average Bonchev–Trinajstić information content (AvgIpc) is 2.73. The fourth-order valence-corrected chi connectivity index (χ4v) is 4.00. The Balaban J connectivity index is 0.000000574. The van der Waals surface area contributed by atoms with E-state index in [0.717, 1.165) is 19.1 Å². The number of hydrogen-bond acceptors (Lipinski definition) is 3. The predicted octanol–water partition coefficient (Wildman–Crippen LogP) is 2.22. The summed E-state index contributed by atoms with van der Waals surface area (Å²) in [6.45, 7) is 11.1. The second-order valence-corrected chi connectivity index (χ2v) is 6.46. The number of nitrogens with zero attached hydrogens (tertiary/aromatic N) is 2. The zero-order valence-corrected chi connectivity index (χ0v) is 12.8. The van der Waals surface area contributed by atoms with Crippen LogP contribution in [0.25, 0.3) is 0 Å². The standard InChI is InChI=1S/C13H24N2O.C2H6/c1-12(16-3)8-15(9-12)11-4-5-13(11)6-7-14(2)10-13;1-2/h11H,4-10H2,1-3H3;1-2H3. The van der Waals surface area contributed by atoms with E-state index in [9.17, 15) is 0 Å². The molecular formula is C15H30N2O. The van der Waals surface area contributed by atoms with Crippen molar-refractivity contribution >= 4 is 0 Å². The van der Waals surface area contributed by atoms with Crippen molar-refractivity contribution in [1.29, 1.82) is 0 Å². The van der Waals surface area contributed by atoms with Gasteiger partial charge in [0.05, 0.1) is 5.60 Å². The quantitative estimate of drug-likeness (QED) is 0.751. The molecule has 2 aliphatic heterocycles. The molecule has 0 aromatic heterocycles. The summed E-state index contributed by atoms with van der Waals surface area (Å²) in [4.78, 5) is 5.16. The topological polar surface area (TPSA) is 15.7 Å². The highest BCUT2D eigenvalue weighted by molar-refractivity contribution is 5.10. The third-order valence-corrected chi connectivity index (χ3v) is 5.21. The zero-order valence-electron chi connectivity index (χ0n) is 12.8. The molecule has 1 spiro atoms. The molecule has 0 aromatic carbocycles. The molecule has 3 fully saturated rings. The van der Waals surface area contributed by atoms with Crippen LogP contribution in [0.2, 0.25) is 0 Å². The summed E-state index contributed by atoms with van der Waals surface area (Å²) in [5.74, 6) is 0. The smallest absolute Gasteiger partial charge is 0.0903 e. The summed E-state index contributed by atoms with van der Waals surface area (Å²) in [5.41, 5.74) is 0.783. The first-order valence-electron chi connectivity index (χ1n) is 7.55. The van der Waals surface area contributed by atoms with Crippen LogP contribution < -0.4 is 0 Å². The SMILES string of the molecule is CC.COC1(C)CN(C2CCC23CCN(C)C3)C1. The van der Waals surface area contributed by atoms with Crippen molar-refractivity contribution in [2.75, 3.05) is 40.3 Å². The Morgan fingerprint density at radius 2 is 1.78 bits per heavy atom. The highest BCUT2D eigenvalue weighted by Crippen LogP contribution is 2.52. The molecule has 18 heavy (non-hydrogen) atoms. The van der Waals surface area contributed by atoms with Gasteiger partial charge in [-0.25, -0.2) is 0 Å². The normalized spacial score (nSPS) is 38.8. The first kappa shape index (κ1) is 14.3. The van der Waals surface area contributed by atoms with Gasteiger partial charge in [0.25, 0.3) is 0 Å². The average molecular weight is 254 g/mol. The maximum Gasteiger partial charge on any atom is 0.0903 e. The second kappa shape index (κ2) is 5.10. The summed E-state index contributed by atoms with van der Waals surface area (Å²) >= 11 is 0. The molecule has 0 amide bonds. The fraction of sp³-hybridized carbons (Fsp3) is 1.00. The molecule has 0 bridgehead atoms. The minimum atomic E-state index is 0.140. The van der Waals surface area contributed by atoms with Crippen molar-refractivity contribution < 1.29 is 4.74 Å². The highest BCUT2D eigenvalue weighted by atomic mass is 16.5. The molecule has 3 nitrogen and oxygen atoms in total. The number of ether oxygens (including phenoxy) is 1. The van der Waals surface area contributed by atoms with Gasteiger partial charge in [0.2, 0.25) is 0 Å². The van der Waals surface area contributed by atoms with E-state index >= 15 is 0 Å². The third-order valence-electron chi connectivity index (χ3n) is 5.21. The molecule has 1 saturated carbocycles. The Bertz CT molecular complexity index is 288. The van der Waals surface area contributed by atoms with Gasteiger partial charge in [-0.05, 0) is 45.2 Å². The van der Waals surface area contributed by atoms with E-state index in [-0.39, 0.29) is 5.60 Å². The Hall–Kier alpha value is -0.120. The van der Waals surface area contributed by atoms with E-state index in [4.69, 9.17) is 4.74 Å². The Morgan fingerprint density at radius 1 is 1.11 bits per heavy atom. The maximum absolute atomic E-state index is 5.54. The number of methoxy groups -OCH3 is 1. The van der Waals surface area contributed by atoms with Crippen molar-refractivity contribution in [2.24, 2.45) is 5.41 Å². The summed E-state index contributed by atoms with van der Waals surface area (Å²) in [5, 5.41) is 0. The van der Waals surface area contributed by atoms with Crippen molar-refractivity contribution in [3.63, 3.8) is 0 Å². The molecule has 1 aliphatic carbocycles. The highest BCUT2D eigenvalue weighted by Gasteiger charge is 2.56. The molecule has 0 N–H and O–H groups in total. The van der Waals surface area contributed by atoms with Crippen LogP contribution in [0.4, 0.5) is 0 Å². The lowest BCUT2D eigenvalue weighted by atomic mass is 9.62. The molecule has 0 aromatic rings. The summed E-state index contributed by atoms with van der Waals surface area (Å²) in [6.07, 6.45) is 4.27. The second-order valence-electron chi connectivity index (χ2n) is 6.46. The van der Waals surface area contributed by atoms with E-state index in [0.29, 0.717) is 5.41 Å². The van der Waals surface area contributed by atoms with Crippen LogP contribution in [0.5, 0.6) is 0 Å². The minimum Gasteiger partial charge on any atom is -0.376 e. The Labute approximate surface area is 112 Å². The van der Waals surface area contributed by atoms with Crippen molar-refractivity contribution in [2.45, 2.75) is 51.7 Å². The largest absolute Gasteiger partial charge is 0.376 e. The first-order chi connectivity index (χ1) is 8.57. The van der Waals surface area contributed by atoms with Crippen LogP contribution in [0.3, 0.4) is 0 Å². The molecule has 2 atom stereocenters. The number of rotatable bonds is 2. The predicted molar refractivity (Wildman–Crippen MR) is 75.9 cm³/mol. The monoisotopic (exact) mass is 254 g/mol. The molecule has 0 radical (unpaired) electrons. The van der Waals surface area contributed by atoms with Crippen LogP contribution in [0.15, 0.2) is 0 Å². The van der Waals surface area contributed by atoms with Gasteiger partial charge in [-0.15, -0.1) is 0 Å². The van der Waals surface area contributed by atoms with E-state index in [1.807, 2.05) is 21.0 Å². The summed E-state index contributed by atoms with van der Waals surface area (Å²) in [6, 6.07) is 0.848. The van der Waals surface area contributed by atoms with Crippen LogP contribution in [-0.2, 0) is 4.74 Å². The fourth-order valence-electron chi connectivity index (χ4n) is 4.00. The molecule has 2 saturated heterocycles. The van der Waals surface area contributed by atoms with Gasteiger partial charge < -0.3 is 9.64 Å². The molecule has 106 valence electrons. The Kier molecular flexibility index (Phi) is 4.05. The molecule has 2 unspecified atom stereocenters. The third kappa shape index (κ3) is 2.21. The van der Waals surface area contributed by atoms with E-state index in [1.54, 1.807) is 0 Å². The van der Waals surface area contributed by atoms with Gasteiger partial charge in [-0.1, -0.05) is 13.8 Å². The molecular weight excluding hydrogens is 224 g/mol. The van der Waals surface area contributed by atoms with Gasteiger partial charge in [0.1, 0.15) is 0 Å². The van der Waals surface area contributed by atoms with Gasteiger partial charge >= 0.3 is 0 Å². The lowest BCUT2D eigenvalue weighted by Crippen LogP contribution is -2.69. The van der Waals surface area contributed by atoms with Crippen molar-refractivity contribution in [3.8, 4) is 0 Å². The van der Waals surface area contributed by atoms with Crippen LogP contribution in [0.1, 0.15) is 40.0 Å². The lowest BCUT2D eigenvalue weighted by molar-refractivity contribution is -0.165. The van der Waals surface area contributed by atoms with Gasteiger partial charge in [-0.3, -0.25) is 4.90 Å². The molecule has 3 aliphatic rings. The van der Waals surface area contributed by atoms with Crippen LogP contribution in [0, 0.1) is 5.41 Å². The van der Waals surface area contributed by atoms with Gasteiger partial charge in [0, 0.05) is 32.8 Å². The summed E-state index contributed by atoms with van der Waals surface area (Å²) in [7, 11) is 4.11. The van der Waals surface area contributed by atoms with Crippen LogP contribution in [-0.4, -0.2) is 61.8 Å². The van der Waals surface area contributed by atoms with Gasteiger partial charge in [-0.2, -0.15) is 0 Å². The number of likely N-dealkylation sites (tertiary alicyclic amines) is 2. The first-order valence-corrected chi connectivity index (χ1v) is 7.55. The maximum atomic E-state index is 5.54. The summed E-state index contributed by atoms with van der Waals surface area (Å²) < 4.78 is 5.54. The van der Waals surface area contributed by atoms with E-state index in [2.05, 4.69) is 23.8 Å². The zero-order chi connectivity index (χ0) is 13.4. The van der Waals surface area contributed by atoms with E-state index < -0.39 is 0 Å². The van der Waals surface area contributed by atoms with Crippen LogP contribution >= 0.6 is 0 Å². The number of hydrogen-bond donors (Lipinski definition) is 0. The van der Waals surface area contributed by atoms with Gasteiger partial charge in [0.15, 0.2) is 0 Å². The van der Waals surface area contributed by atoms with Crippen molar-refractivity contribution in [3.05, 3.63) is 0 Å². The molecule has 2 heterocycles. The Morgan fingerprint density at radius 3 is 2.17 bits per heavy atom.